The number of hydrogen-bond acceptors (Lipinski definition) is 0. The van der Waals surface area contributed by atoms with Gasteiger partial charge in [-0.15, -0.1) is 0 Å². The van der Waals surface area contributed by atoms with Gasteiger partial charge in [-0.3, -0.25) is 0 Å². The van der Waals surface area contributed by atoms with Crippen LogP contribution in [0.4, 0.5) is 0 Å². The lowest BCUT2D eigenvalue weighted by atomic mass is 10.1. The summed E-state index contributed by atoms with van der Waals surface area (Å²) in [5, 5.41) is 0. The summed E-state index contributed by atoms with van der Waals surface area (Å²) in [6.07, 6.45) is 11.3. The molecule has 0 spiro atoms. The third-order valence-electron chi connectivity index (χ3n) is 2.76. The molecule has 1 fully saturated rings. The van der Waals surface area contributed by atoms with E-state index in [-0.39, 0.29) is 0 Å². The smallest absolute Gasteiger partial charge is 0.0280 e. The molecule has 0 aliphatic heterocycles. The highest BCUT2D eigenvalue weighted by atomic mass is 14.2. The predicted octanol–water partition coefficient (Wildman–Crippen LogP) is 4.46. The molecular weight excluding hydrogens is 144 g/mol. The topological polar surface area (TPSA) is 0 Å². The molecule has 0 aromatic carbocycles. The van der Waals surface area contributed by atoms with Gasteiger partial charge in [0, 0.05) is 0 Å². The molecule has 0 unspecified atom stereocenters. The maximum atomic E-state index is 2.32. The van der Waals surface area contributed by atoms with Crippen molar-refractivity contribution in [1.29, 1.82) is 0 Å². The van der Waals surface area contributed by atoms with Crippen molar-refractivity contribution in [3.63, 3.8) is 0 Å². The van der Waals surface area contributed by atoms with Crippen molar-refractivity contribution in [3.05, 3.63) is 11.1 Å². The van der Waals surface area contributed by atoms with Crippen molar-refractivity contribution in [2.75, 3.05) is 0 Å². The van der Waals surface area contributed by atoms with Crippen molar-refractivity contribution < 1.29 is 0 Å². The van der Waals surface area contributed by atoms with Crippen LogP contribution in [-0.4, -0.2) is 0 Å². The van der Waals surface area contributed by atoms with Gasteiger partial charge in [-0.25, -0.2) is 0 Å². The Morgan fingerprint density at radius 1 is 1.08 bits per heavy atom. The number of hydrogen-bond donors (Lipinski definition) is 0. The Morgan fingerprint density at radius 2 is 1.75 bits per heavy atom. The second kappa shape index (κ2) is 5.40. The second-order valence-corrected chi connectivity index (χ2v) is 4.05. The van der Waals surface area contributed by atoms with Gasteiger partial charge < -0.3 is 0 Å². The fourth-order valence-electron chi connectivity index (χ4n) is 1.66. The summed E-state index contributed by atoms with van der Waals surface area (Å²) in [5.41, 5.74) is 3.46. The molecule has 1 saturated carbocycles. The molecule has 0 N–H and O–H groups in total. The van der Waals surface area contributed by atoms with Gasteiger partial charge in [0.25, 0.3) is 0 Å². The van der Waals surface area contributed by atoms with Crippen molar-refractivity contribution >= 4 is 0 Å². The van der Waals surface area contributed by atoms with Crippen molar-refractivity contribution in [2.24, 2.45) is 0 Å². The van der Waals surface area contributed by atoms with Gasteiger partial charge in [0.05, 0.1) is 0 Å². The van der Waals surface area contributed by atoms with E-state index in [1.807, 2.05) is 0 Å². The monoisotopic (exact) mass is 166 g/mol. The van der Waals surface area contributed by atoms with E-state index in [0.717, 1.165) is 0 Å². The molecule has 1 aliphatic rings. The molecule has 0 aromatic rings. The molecule has 0 bridgehead atoms. The Morgan fingerprint density at radius 3 is 2.33 bits per heavy atom. The van der Waals surface area contributed by atoms with E-state index in [4.69, 9.17) is 0 Å². The minimum absolute atomic E-state index is 1.36. The number of unbranched alkanes of at least 4 members (excludes halogenated alkanes) is 4. The van der Waals surface area contributed by atoms with Gasteiger partial charge in [-0.1, -0.05) is 43.8 Å². The van der Waals surface area contributed by atoms with E-state index in [1.54, 1.807) is 11.1 Å². The first-order chi connectivity index (χ1) is 5.84. The van der Waals surface area contributed by atoms with Crippen LogP contribution in [0.2, 0.25) is 0 Å². The lowest BCUT2D eigenvalue weighted by molar-refractivity contribution is 0.630. The second-order valence-electron chi connectivity index (χ2n) is 4.05. The van der Waals surface area contributed by atoms with E-state index in [0.29, 0.717) is 0 Å². The first-order valence-corrected chi connectivity index (χ1v) is 5.52. The van der Waals surface area contributed by atoms with Crippen LogP contribution in [0.15, 0.2) is 11.1 Å². The maximum Gasteiger partial charge on any atom is -0.0280 e. The highest BCUT2D eigenvalue weighted by molar-refractivity contribution is 5.23. The van der Waals surface area contributed by atoms with Gasteiger partial charge in [0.15, 0.2) is 0 Å². The molecule has 0 heteroatoms. The van der Waals surface area contributed by atoms with Crippen molar-refractivity contribution in [2.45, 2.75) is 65.2 Å². The lowest BCUT2D eigenvalue weighted by Gasteiger charge is -2.00. The van der Waals surface area contributed by atoms with Crippen LogP contribution in [0, 0.1) is 0 Å². The van der Waals surface area contributed by atoms with Crippen LogP contribution in [0.3, 0.4) is 0 Å². The quantitative estimate of drug-likeness (QED) is 0.404. The zero-order valence-electron chi connectivity index (χ0n) is 8.66. The Kier molecular flexibility index (Phi) is 4.42. The molecule has 0 nitrogen and oxygen atoms in total. The van der Waals surface area contributed by atoms with Gasteiger partial charge >= 0.3 is 0 Å². The largest absolute Gasteiger partial charge is 0.0741 e. The van der Waals surface area contributed by atoms with Crippen molar-refractivity contribution in [1.82, 2.24) is 0 Å². The number of allylic oxidation sites excluding steroid dienone is 2. The van der Waals surface area contributed by atoms with Crippen LogP contribution in [-0.2, 0) is 0 Å². The minimum Gasteiger partial charge on any atom is -0.0741 e. The standard InChI is InChI=1S/C12H22/c1-3-4-5-6-7-8-11(2)12-9-10-12/h3-10H2,1-2H3. The van der Waals surface area contributed by atoms with E-state index in [9.17, 15) is 0 Å². The highest BCUT2D eigenvalue weighted by Gasteiger charge is 2.13. The van der Waals surface area contributed by atoms with Crippen LogP contribution in [0.25, 0.3) is 0 Å². The summed E-state index contributed by atoms with van der Waals surface area (Å²) in [6, 6.07) is 0. The van der Waals surface area contributed by atoms with Gasteiger partial charge in [0.2, 0.25) is 0 Å². The minimum atomic E-state index is 1.36. The van der Waals surface area contributed by atoms with Gasteiger partial charge in [0.1, 0.15) is 0 Å². The van der Waals surface area contributed by atoms with Gasteiger partial charge in [-0.2, -0.15) is 0 Å². The van der Waals surface area contributed by atoms with Crippen LogP contribution >= 0.6 is 0 Å². The first-order valence-electron chi connectivity index (χ1n) is 5.52. The third kappa shape index (κ3) is 3.94. The third-order valence-corrected chi connectivity index (χ3v) is 2.76. The highest BCUT2D eigenvalue weighted by Crippen LogP contribution is 2.33. The van der Waals surface area contributed by atoms with Gasteiger partial charge in [-0.05, 0) is 32.6 Å². The summed E-state index contributed by atoms with van der Waals surface area (Å²) >= 11 is 0. The Balaban J connectivity index is 1.92. The lowest BCUT2D eigenvalue weighted by Crippen LogP contribution is -1.80. The molecule has 0 saturated heterocycles. The summed E-state index contributed by atoms with van der Waals surface area (Å²) in [4.78, 5) is 0. The molecule has 0 heterocycles. The molecular formula is C12H22. The molecule has 0 radical (unpaired) electrons. The molecule has 12 heavy (non-hydrogen) atoms. The van der Waals surface area contributed by atoms with Crippen molar-refractivity contribution in [3.8, 4) is 0 Å². The molecule has 70 valence electrons. The van der Waals surface area contributed by atoms with E-state index >= 15 is 0 Å². The summed E-state index contributed by atoms with van der Waals surface area (Å²) in [7, 11) is 0. The SMILES string of the molecule is CCCCCCCC(C)=C1CC1. The van der Waals surface area contributed by atoms with E-state index < -0.39 is 0 Å². The maximum absolute atomic E-state index is 2.32. The van der Waals surface area contributed by atoms with Crippen LogP contribution < -0.4 is 0 Å². The van der Waals surface area contributed by atoms with Crippen LogP contribution in [0.1, 0.15) is 65.2 Å². The average Bonchev–Trinajstić information content (AvgIpc) is 2.86. The summed E-state index contributed by atoms with van der Waals surface area (Å²) in [6.45, 7) is 4.60. The molecule has 0 aromatic heterocycles. The fourth-order valence-corrected chi connectivity index (χ4v) is 1.66. The molecule has 0 amide bonds. The molecule has 1 rings (SSSR count). The Labute approximate surface area is 77.1 Å². The summed E-state index contributed by atoms with van der Waals surface area (Å²) in [5.74, 6) is 0. The van der Waals surface area contributed by atoms with E-state index in [2.05, 4.69) is 13.8 Å². The normalized spacial score (nSPS) is 15.0. The number of rotatable bonds is 6. The average molecular weight is 166 g/mol. The Bertz CT molecular complexity index is 147. The van der Waals surface area contributed by atoms with Crippen LogP contribution in [0.5, 0.6) is 0 Å². The Hall–Kier alpha value is -0.260. The molecule has 1 aliphatic carbocycles. The first kappa shape index (κ1) is 9.83. The molecule has 0 atom stereocenters. The zero-order valence-corrected chi connectivity index (χ0v) is 8.66. The fraction of sp³-hybridized carbons (Fsp3) is 0.833. The summed E-state index contributed by atoms with van der Waals surface area (Å²) < 4.78 is 0. The zero-order chi connectivity index (χ0) is 8.81. The predicted molar refractivity (Wildman–Crippen MR) is 55.3 cm³/mol. The van der Waals surface area contributed by atoms with E-state index in [1.165, 1.54) is 51.4 Å².